The molecular weight excluding hydrogens is 380 g/mol. The van der Waals surface area contributed by atoms with E-state index in [1.165, 1.54) is 0 Å². The van der Waals surface area contributed by atoms with Crippen molar-refractivity contribution in [2.45, 2.75) is 13.8 Å². The molecule has 5 heteroatoms. The molecule has 0 N–H and O–H groups in total. The minimum Gasteiger partial charge on any atom is -0.497 e. The molecule has 0 bridgehead atoms. The molecule has 1 aliphatic rings. The van der Waals surface area contributed by atoms with Gasteiger partial charge in [0.15, 0.2) is 5.76 Å². The van der Waals surface area contributed by atoms with E-state index in [1.807, 2.05) is 43.3 Å². The van der Waals surface area contributed by atoms with E-state index in [2.05, 4.69) is 0 Å². The zero-order chi connectivity index (χ0) is 21.3. The summed E-state index contributed by atoms with van der Waals surface area (Å²) in [6.45, 7) is 3.71. The number of Topliss-reactive ketones (excluding diaryl/α,β-unsaturated/α-hetero) is 1. The molecule has 0 atom stereocenters. The Kier molecular flexibility index (Phi) is 5.11. The molecule has 0 radical (unpaired) electrons. The van der Waals surface area contributed by atoms with Crippen LogP contribution in [0.25, 0.3) is 6.08 Å². The lowest BCUT2D eigenvalue weighted by molar-refractivity contribution is 0.0733. The summed E-state index contributed by atoms with van der Waals surface area (Å²) in [5, 5.41) is 0. The van der Waals surface area contributed by atoms with Crippen molar-refractivity contribution in [2.24, 2.45) is 0 Å². The number of aryl methyl sites for hydroxylation is 1. The van der Waals surface area contributed by atoms with Gasteiger partial charge < -0.3 is 14.2 Å². The highest BCUT2D eigenvalue weighted by molar-refractivity contribution is 6.15. The highest BCUT2D eigenvalue weighted by Gasteiger charge is 2.30. The van der Waals surface area contributed by atoms with Gasteiger partial charge in [0.1, 0.15) is 17.2 Å². The molecule has 3 aromatic rings. The molecule has 0 saturated heterocycles. The summed E-state index contributed by atoms with van der Waals surface area (Å²) in [4.78, 5) is 25.2. The lowest BCUT2D eigenvalue weighted by Crippen LogP contribution is -2.09. The van der Waals surface area contributed by atoms with Crippen molar-refractivity contribution in [1.29, 1.82) is 0 Å². The van der Waals surface area contributed by atoms with E-state index in [-0.39, 0.29) is 11.5 Å². The summed E-state index contributed by atoms with van der Waals surface area (Å²) in [6.07, 6.45) is 1.68. The average Bonchev–Trinajstić information content (AvgIpc) is 3.07. The fraction of sp³-hybridized carbons (Fsp3) is 0.120. The molecule has 0 fully saturated rings. The van der Waals surface area contributed by atoms with Gasteiger partial charge in [-0.3, -0.25) is 4.79 Å². The molecule has 30 heavy (non-hydrogen) atoms. The number of allylic oxidation sites excluding steroid dienone is 1. The van der Waals surface area contributed by atoms with Crippen molar-refractivity contribution >= 4 is 17.8 Å². The van der Waals surface area contributed by atoms with Gasteiger partial charge in [0.2, 0.25) is 5.78 Å². The number of carbonyl (C=O) groups is 2. The summed E-state index contributed by atoms with van der Waals surface area (Å²) < 4.78 is 16.5. The summed E-state index contributed by atoms with van der Waals surface area (Å²) >= 11 is 0. The van der Waals surface area contributed by atoms with Gasteiger partial charge in [-0.25, -0.2) is 4.79 Å². The fourth-order valence-electron chi connectivity index (χ4n) is 3.18. The number of ketones is 1. The fourth-order valence-corrected chi connectivity index (χ4v) is 3.18. The number of esters is 1. The molecule has 3 aromatic carbocycles. The lowest BCUT2D eigenvalue weighted by Gasteiger charge is -2.10. The molecule has 0 spiro atoms. The maximum atomic E-state index is 12.7. The maximum absolute atomic E-state index is 12.7. The van der Waals surface area contributed by atoms with E-state index in [0.717, 1.165) is 16.9 Å². The molecule has 1 aliphatic heterocycles. The Morgan fingerprint density at radius 3 is 2.30 bits per heavy atom. The van der Waals surface area contributed by atoms with Crippen LogP contribution in [0.5, 0.6) is 17.2 Å². The molecule has 0 amide bonds. The molecule has 5 nitrogen and oxygen atoms in total. The molecule has 0 saturated carbocycles. The van der Waals surface area contributed by atoms with Crippen LogP contribution in [0.15, 0.2) is 66.4 Å². The van der Waals surface area contributed by atoms with Crippen molar-refractivity contribution in [3.63, 3.8) is 0 Å². The molecule has 0 aliphatic carbocycles. The number of hydrogen-bond donors (Lipinski definition) is 0. The molecule has 0 unspecified atom stereocenters. The second kappa shape index (κ2) is 7.87. The summed E-state index contributed by atoms with van der Waals surface area (Å²) in [5.41, 5.74) is 3.37. The van der Waals surface area contributed by atoms with E-state index >= 15 is 0 Å². The molecule has 0 aromatic heterocycles. The van der Waals surface area contributed by atoms with Gasteiger partial charge in [-0.05, 0) is 61.9 Å². The van der Waals surface area contributed by atoms with Crippen molar-refractivity contribution in [3.05, 3.63) is 94.2 Å². The maximum Gasteiger partial charge on any atom is 0.343 e. The Bertz CT molecular complexity index is 1160. The third kappa shape index (κ3) is 3.70. The third-order valence-corrected chi connectivity index (χ3v) is 4.94. The number of fused-ring (bicyclic) bond motifs is 1. The zero-order valence-electron chi connectivity index (χ0n) is 16.9. The van der Waals surface area contributed by atoms with Crippen LogP contribution in [0.1, 0.15) is 37.4 Å². The van der Waals surface area contributed by atoms with Crippen molar-refractivity contribution in [3.8, 4) is 17.2 Å². The Morgan fingerprint density at radius 2 is 1.63 bits per heavy atom. The number of ether oxygens (including phenoxy) is 3. The highest BCUT2D eigenvalue weighted by Crippen LogP contribution is 2.39. The lowest BCUT2D eigenvalue weighted by atomic mass is 10.1. The third-order valence-electron chi connectivity index (χ3n) is 4.94. The van der Waals surface area contributed by atoms with E-state index in [4.69, 9.17) is 14.2 Å². The highest BCUT2D eigenvalue weighted by atomic mass is 16.5. The second-order valence-electron chi connectivity index (χ2n) is 7.03. The number of hydrogen-bond acceptors (Lipinski definition) is 5. The summed E-state index contributed by atoms with van der Waals surface area (Å²) in [7, 11) is 1.60. The molecule has 150 valence electrons. The first-order valence-electron chi connectivity index (χ1n) is 9.47. The number of rotatable bonds is 4. The Hall–Kier alpha value is -3.86. The SMILES string of the molecule is COc1ccc(/C=C2\Oc3c(ccc(OC(=O)c4ccc(C)cc4)c3C)C2=O)cc1. The molecule has 1 heterocycles. The topological polar surface area (TPSA) is 61.8 Å². The predicted molar refractivity (Wildman–Crippen MR) is 113 cm³/mol. The van der Waals surface area contributed by atoms with Crippen LogP contribution in [-0.4, -0.2) is 18.9 Å². The van der Waals surface area contributed by atoms with Crippen LogP contribution in [0, 0.1) is 13.8 Å². The summed E-state index contributed by atoms with van der Waals surface area (Å²) in [5.74, 6) is 1.05. The van der Waals surface area contributed by atoms with Crippen molar-refractivity contribution in [1.82, 2.24) is 0 Å². The monoisotopic (exact) mass is 400 g/mol. The van der Waals surface area contributed by atoms with Crippen LogP contribution < -0.4 is 14.2 Å². The first-order valence-corrected chi connectivity index (χ1v) is 9.47. The van der Waals surface area contributed by atoms with Crippen LogP contribution in [0.3, 0.4) is 0 Å². The quantitative estimate of drug-likeness (QED) is 0.344. The van der Waals surface area contributed by atoms with Crippen molar-refractivity contribution in [2.75, 3.05) is 7.11 Å². The minimum absolute atomic E-state index is 0.208. The first kappa shape index (κ1) is 19.5. The number of benzene rings is 3. The number of carbonyl (C=O) groups excluding carboxylic acids is 2. The normalized spacial score (nSPS) is 13.7. The van der Waals surface area contributed by atoms with Gasteiger partial charge >= 0.3 is 5.97 Å². The van der Waals surface area contributed by atoms with E-state index in [0.29, 0.717) is 28.2 Å². The van der Waals surface area contributed by atoms with Crippen LogP contribution >= 0.6 is 0 Å². The second-order valence-corrected chi connectivity index (χ2v) is 7.03. The standard InChI is InChI=1S/C25H20O5/c1-15-4-8-18(9-5-15)25(27)30-21-13-12-20-23(26)22(29-24(20)16(21)2)14-17-6-10-19(28-3)11-7-17/h4-14H,1-3H3/b22-14-. The van der Waals surface area contributed by atoms with Gasteiger partial charge in [-0.15, -0.1) is 0 Å². The minimum atomic E-state index is -0.462. The Balaban J connectivity index is 1.58. The van der Waals surface area contributed by atoms with Gasteiger partial charge in [-0.2, -0.15) is 0 Å². The molecule has 4 rings (SSSR count). The van der Waals surface area contributed by atoms with E-state index in [9.17, 15) is 9.59 Å². The predicted octanol–water partition coefficient (Wildman–Crippen LogP) is 5.15. The average molecular weight is 400 g/mol. The van der Waals surface area contributed by atoms with Gasteiger partial charge in [0.05, 0.1) is 18.2 Å². The van der Waals surface area contributed by atoms with Crippen LogP contribution in [-0.2, 0) is 0 Å². The van der Waals surface area contributed by atoms with Crippen LogP contribution in [0.4, 0.5) is 0 Å². The van der Waals surface area contributed by atoms with E-state index < -0.39 is 5.97 Å². The van der Waals surface area contributed by atoms with E-state index in [1.54, 1.807) is 44.4 Å². The molecular formula is C25H20O5. The Morgan fingerprint density at radius 1 is 0.933 bits per heavy atom. The van der Waals surface area contributed by atoms with Gasteiger partial charge in [0.25, 0.3) is 0 Å². The van der Waals surface area contributed by atoms with Crippen molar-refractivity contribution < 1.29 is 23.8 Å². The Labute approximate surface area is 174 Å². The van der Waals surface area contributed by atoms with Gasteiger partial charge in [-0.1, -0.05) is 29.8 Å². The van der Waals surface area contributed by atoms with Gasteiger partial charge in [0, 0.05) is 5.56 Å². The smallest absolute Gasteiger partial charge is 0.343 e. The number of methoxy groups -OCH3 is 1. The largest absolute Gasteiger partial charge is 0.497 e. The zero-order valence-corrected chi connectivity index (χ0v) is 16.9. The summed E-state index contributed by atoms with van der Waals surface area (Å²) in [6, 6.07) is 17.7. The van der Waals surface area contributed by atoms with Crippen LogP contribution in [0.2, 0.25) is 0 Å². The first-order chi connectivity index (χ1) is 14.5.